The van der Waals surface area contributed by atoms with Crippen molar-refractivity contribution in [3.63, 3.8) is 0 Å². The minimum absolute atomic E-state index is 0.200. The number of carbonyl (C=O) groups is 1. The Hall–Kier alpha value is -0.650. The van der Waals surface area contributed by atoms with Gasteiger partial charge in [-0.25, -0.2) is 0 Å². The van der Waals surface area contributed by atoms with E-state index in [1.165, 1.54) is 19.3 Å². The van der Waals surface area contributed by atoms with Crippen LogP contribution < -0.4 is 5.73 Å². The Balaban J connectivity index is 1.96. The van der Waals surface area contributed by atoms with E-state index in [2.05, 4.69) is 16.8 Å². The van der Waals surface area contributed by atoms with Crippen molar-refractivity contribution in [2.75, 3.05) is 39.8 Å². The Bertz CT molecular complexity index is 345. The molecule has 2 N–H and O–H groups in total. The predicted octanol–water partition coefficient (Wildman–Crippen LogP) is 0.741. The summed E-state index contributed by atoms with van der Waals surface area (Å²) in [4.78, 5) is 19.3. The summed E-state index contributed by atoms with van der Waals surface area (Å²) >= 11 is 0. The molecule has 0 aliphatic carbocycles. The fourth-order valence-electron chi connectivity index (χ4n) is 3.94. The predicted molar refractivity (Wildman–Crippen MR) is 86.2 cm³/mol. The van der Waals surface area contributed by atoms with Gasteiger partial charge in [-0.3, -0.25) is 14.6 Å². The molecule has 0 saturated carbocycles. The third-order valence-corrected chi connectivity index (χ3v) is 5.49. The lowest BCUT2D eigenvalue weighted by Crippen LogP contribution is -2.48. The van der Waals surface area contributed by atoms with E-state index in [1.807, 2.05) is 18.7 Å². The molecule has 0 aromatic heterocycles. The normalized spacial score (nSPS) is 28.4. The highest BCUT2D eigenvalue weighted by atomic mass is 16.2. The molecule has 3 unspecified atom stereocenters. The summed E-state index contributed by atoms with van der Waals surface area (Å²) in [5, 5.41) is 0. The van der Waals surface area contributed by atoms with Crippen LogP contribution in [-0.4, -0.2) is 78.5 Å². The van der Waals surface area contributed by atoms with Crippen LogP contribution in [0.5, 0.6) is 0 Å². The van der Waals surface area contributed by atoms with E-state index in [0.717, 1.165) is 32.2 Å². The number of nitrogens with two attached hydrogens (primary N) is 1. The smallest absolute Gasteiger partial charge is 0.224 e. The Morgan fingerprint density at radius 1 is 1.24 bits per heavy atom. The standard InChI is InChI=1S/C16H32N4O/c1-4-19(5-2)16(21)10-15(11-17)20-9-8-13-6-7-14(12-20)18(13)3/h13-15H,4-12,17H2,1-3H3. The molecule has 2 saturated heterocycles. The number of carbonyl (C=O) groups excluding carboxylic acids is 1. The fraction of sp³-hybridized carbons (Fsp3) is 0.938. The van der Waals surface area contributed by atoms with E-state index < -0.39 is 0 Å². The second-order valence-corrected chi connectivity index (χ2v) is 6.49. The molecule has 2 aliphatic rings. The van der Waals surface area contributed by atoms with Crippen molar-refractivity contribution in [3.05, 3.63) is 0 Å². The van der Waals surface area contributed by atoms with Gasteiger partial charge in [0.2, 0.25) is 5.91 Å². The van der Waals surface area contributed by atoms with Gasteiger partial charge in [-0.05, 0) is 40.2 Å². The Labute approximate surface area is 129 Å². The largest absolute Gasteiger partial charge is 0.343 e. The van der Waals surface area contributed by atoms with Crippen LogP contribution in [0, 0.1) is 0 Å². The molecule has 0 radical (unpaired) electrons. The molecule has 0 aromatic rings. The van der Waals surface area contributed by atoms with Gasteiger partial charge in [-0.1, -0.05) is 0 Å². The summed E-state index contributed by atoms with van der Waals surface area (Å²) in [6, 6.07) is 1.58. The molecule has 5 heteroatoms. The third kappa shape index (κ3) is 3.76. The van der Waals surface area contributed by atoms with Crippen molar-refractivity contribution >= 4 is 5.91 Å². The van der Waals surface area contributed by atoms with Crippen molar-refractivity contribution in [1.29, 1.82) is 0 Å². The van der Waals surface area contributed by atoms with Crippen LogP contribution in [0.15, 0.2) is 0 Å². The molecule has 3 atom stereocenters. The fourth-order valence-corrected chi connectivity index (χ4v) is 3.94. The second-order valence-electron chi connectivity index (χ2n) is 6.49. The molecule has 21 heavy (non-hydrogen) atoms. The molecule has 2 bridgehead atoms. The molecule has 0 spiro atoms. The van der Waals surface area contributed by atoms with Crippen LogP contribution >= 0.6 is 0 Å². The number of rotatable bonds is 6. The molecular formula is C16H32N4O. The number of hydrogen-bond donors (Lipinski definition) is 1. The van der Waals surface area contributed by atoms with Crippen molar-refractivity contribution in [1.82, 2.24) is 14.7 Å². The first kappa shape index (κ1) is 16.7. The van der Waals surface area contributed by atoms with Crippen LogP contribution in [-0.2, 0) is 4.79 Å². The minimum atomic E-state index is 0.200. The lowest BCUT2D eigenvalue weighted by molar-refractivity contribution is -0.132. The summed E-state index contributed by atoms with van der Waals surface area (Å²) in [5.74, 6) is 0.248. The highest BCUT2D eigenvalue weighted by Crippen LogP contribution is 2.29. The molecule has 1 amide bonds. The van der Waals surface area contributed by atoms with E-state index in [1.54, 1.807) is 0 Å². The van der Waals surface area contributed by atoms with Gasteiger partial charge in [-0.15, -0.1) is 0 Å². The van der Waals surface area contributed by atoms with E-state index >= 15 is 0 Å². The van der Waals surface area contributed by atoms with Crippen LogP contribution in [0.1, 0.15) is 39.5 Å². The van der Waals surface area contributed by atoms with E-state index in [9.17, 15) is 4.79 Å². The lowest BCUT2D eigenvalue weighted by Gasteiger charge is -2.33. The summed E-state index contributed by atoms with van der Waals surface area (Å²) in [6.45, 7) is 8.39. The van der Waals surface area contributed by atoms with Crippen LogP contribution in [0.3, 0.4) is 0 Å². The number of likely N-dealkylation sites (tertiary alicyclic amines) is 1. The molecule has 0 aromatic carbocycles. The number of amides is 1. The number of hydrogen-bond acceptors (Lipinski definition) is 4. The van der Waals surface area contributed by atoms with E-state index in [-0.39, 0.29) is 11.9 Å². The van der Waals surface area contributed by atoms with Gasteiger partial charge in [0.1, 0.15) is 0 Å². The molecule has 2 heterocycles. The first-order valence-electron chi connectivity index (χ1n) is 8.54. The quantitative estimate of drug-likeness (QED) is 0.785. The number of nitrogens with zero attached hydrogens (tertiary/aromatic N) is 3. The van der Waals surface area contributed by atoms with Crippen molar-refractivity contribution in [2.45, 2.75) is 57.7 Å². The number of likely N-dealkylation sites (N-methyl/N-ethyl adjacent to an activating group) is 1. The molecule has 122 valence electrons. The van der Waals surface area contributed by atoms with Gasteiger partial charge in [0, 0.05) is 57.3 Å². The highest BCUT2D eigenvalue weighted by molar-refractivity contribution is 5.76. The zero-order valence-corrected chi connectivity index (χ0v) is 13.9. The van der Waals surface area contributed by atoms with Crippen molar-refractivity contribution in [3.8, 4) is 0 Å². The first-order valence-corrected chi connectivity index (χ1v) is 8.54. The van der Waals surface area contributed by atoms with Gasteiger partial charge in [0.25, 0.3) is 0 Å². The SMILES string of the molecule is CCN(CC)C(=O)CC(CN)N1CCC2CCC(C1)N2C. The number of fused-ring (bicyclic) bond motifs is 2. The van der Waals surface area contributed by atoms with E-state index in [4.69, 9.17) is 5.73 Å². The van der Waals surface area contributed by atoms with Gasteiger partial charge in [0.05, 0.1) is 0 Å². The maximum Gasteiger partial charge on any atom is 0.224 e. The maximum atomic E-state index is 12.4. The lowest BCUT2D eigenvalue weighted by atomic mass is 10.0. The monoisotopic (exact) mass is 296 g/mol. The zero-order chi connectivity index (χ0) is 15.4. The van der Waals surface area contributed by atoms with Crippen molar-refractivity contribution in [2.24, 2.45) is 5.73 Å². The summed E-state index contributed by atoms with van der Waals surface area (Å²) in [5.41, 5.74) is 5.99. The summed E-state index contributed by atoms with van der Waals surface area (Å²) in [7, 11) is 2.25. The summed E-state index contributed by atoms with van der Waals surface area (Å²) < 4.78 is 0. The van der Waals surface area contributed by atoms with Gasteiger partial charge >= 0.3 is 0 Å². The zero-order valence-electron chi connectivity index (χ0n) is 13.9. The van der Waals surface area contributed by atoms with Crippen LogP contribution in [0.25, 0.3) is 0 Å². The first-order chi connectivity index (χ1) is 10.1. The average molecular weight is 296 g/mol. The van der Waals surface area contributed by atoms with Crippen LogP contribution in [0.2, 0.25) is 0 Å². The highest BCUT2D eigenvalue weighted by Gasteiger charge is 2.36. The van der Waals surface area contributed by atoms with E-state index in [0.29, 0.717) is 19.0 Å². The Morgan fingerprint density at radius 3 is 2.52 bits per heavy atom. The van der Waals surface area contributed by atoms with Crippen LogP contribution in [0.4, 0.5) is 0 Å². The van der Waals surface area contributed by atoms with Gasteiger partial charge < -0.3 is 10.6 Å². The topological polar surface area (TPSA) is 52.8 Å². The Kier molecular flexibility index (Phi) is 6.02. The molecule has 2 fully saturated rings. The van der Waals surface area contributed by atoms with Crippen molar-refractivity contribution < 1.29 is 4.79 Å². The molecule has 5 nitrogen and oxygen atoms in total. The Morgan fingerprint density at radius 2 is 1.90 bits per heavy atom. The maximum absolute atomic E-state index is 12.4. The summed E-state index contributed by atoms with van der Waals surface area (Å²) in [6.07, 6.45) is 4.40. The molecule has 2 rings (SSSR count). The molecular weight excluding hydrogens is 264 g/mol. The average Bonchev–Trinajstić information content (AvgIpc) is 2.71. The van der Waals surface area contributed by atoms with Gasteiger partial charge in [0.15, 0.2) is 0 Å². The molecule has 2 aliphatic heterocycles. The third-order valence-electron chi connectivity index (χ3n) is 5.49. The second kappa shape index (κ2) is 7.56. The minimum Gasteiger partial charge on any atom is -0.343 e. The van der Waals surface area contributed by atoms with Gasteiger partial charge in [-0.2, -0.15) is 0 Å².